The molecule has 0 bridgehead atoms. The van der Waals surface area contributed by atoms with E-state index in [4.69, 9.17) is 0 Å². The smallest absolute Gasteiger partial charge is 0.0366 e. The Morgan fingerprint density at radius 3 is 2.02 bits per heavy atom. The van der Waals surface area contributed by atoms with E-state index in [2.05, 4.69) is 218 Å². The van der Waals surface area contributed by atoms with Crippen LogP contribution in [-0.2, 0) is 0 Å². The maximum atomic E-state index is 2.41. The van der Waals surface area contributed by atoms with E-state index in [1.807, 2.05) is 13.0 Å². The monoisotopic (exact) mass is 788 g/mol. The molecule has 1 nitrogen and oxygen atoms in total. The highest BCUT2D eigenvalue weighted by Gasteiger charge is 2.20. The van der Waals surface area contributed by atoms with Gasteiger partial charge in [0, 0.05) is 24.7 Å². The summed E-state index contributed by atoms with van der Waals surface area (Å²) in [4.78, 5) is 2.37. The first kappa shape index (κ1) is 48.5. The molecule has 0 radical (unpaired) electrons. The highest BCUT2D eigenvalue weighted by molar-refractivity contribution is 5.74. The van der Waals surface area contributed by atoms with Crippen molar-refractivity contribution in [3.8, 4) is 0 Å². The standard InChI is InChI=1S/C40H53N.C10H10.C8H14/c1-7-11-27-40(37-21-15-16-22-37)38(25-17-23-33(9-3)35-19-13-12-14-20-35)26-18-24-34(10-4)36-28-30-39(31-29-36)41(6)32(5)8-2;1-2-6-9(5-1)10-7-3-4-8-10;1-4-6-7-8(3)5-2/h7,9-13,15-16,18-19,21-22,24,27-32,37-38H,8,14,17,20,23,25-26H2,1-6H3;1,3,5-8H,2,4H2;4,6-7H,5H2,1-3H3/b11-7-,24-18-,33-9+,34-10+,40-27+;;6-4-,8-7+. The van der Waals surface area contributed by atoms with Gasteiger partial charge in [0.25, 0.3) is 0 Å². The minimum Gasteiger partial charge on any atom is -0.372 e. The molecule has 0 saturated carbocycles. The average Bonchev–Trinajstić information content (AvgIpc) is 4.12. The third-order valence-corrected chi connectivity index (χ3v) is 11.8. The maximum Gasteiger partial charge on any atom is 0.0366 e. The van der Waals surface area contributed by atoms with E-state index >= 15 is 0 Å². The molecule has 1 aromatic carbocycles. The van der Waals surface area contributed by atoms with E-state index in [1.54, 1.807) is 0 Å². The van der Waals surface area contributed by atoms with Gasteiger partial charge in [-0.25, -0.2) is 0 Å². The van der Waals surface area contributed by atoms with Crippen molar-refractivity contribution >= 4 is 11.3 Å². The van der Waals surface area contributed by atoms with E-state index in [1.165, 1.54) is 69.5 Å². The van der Waals surface area contributed by atoms with Crippen LogP contribution >= 0.6 is 0 Å². The molecular weight excluding hydrogens is 711 g/mol. The molecule has 0 spiro atoms. The van der Waals surface area contributed by atoms with E-state index in [9.17, 15) is 0 Å². The van der Waals surface area contributed by atoms with Crippen LogP contribution in [0, 0.1) is 11.8 Å². The van der Waals surface area contributed by atoms with Crippen molar-refractivity contribution in [2.24, 2.45) is 11.8 Å². The molecule has 0 aromatic heterocycles. The summed E-state index contributed by atoms with van der Waals surface area (Å²) in [6.45, 7) is 17.3. The number of rotatable bonds is 18. The number of anilines is 1. The van der Waals surface area contributed by atoms with Crippen LogP contribution in [0.3, 0.4) is 0 Å². The molecule has 314 valence electrons. The van der Waals surface area contributed by atoms with Gasteiger partial charge >= 0.3 is 0 Å². The molecule has 59 heavy (non-hydrogen) atoms. The molecule has 0 aliphatic heterocycles. The van der Waals surface area contributed by atoms with Gasteiger partial charge in [0.15, 0.2) is 0 Å². The number of hydrogen-bond acceptors (Lipinski definition) is 1. The predicted octanol–water partition coefficient (Wildman–Crippen LogP) is 17.2. The molecule has 2 atom stereocenters. The molecule has 0 N–H and O–H groups in total. The number of benzene rings is 1. The van der Waals surface area contributed by atoms with E-state index in [-0.39, 0.29) is 0 Å². The van der Waals surface area contributed by atoms with Gasteiger partial charge < -0.3 is 4.90 Å². The third-order valence-electron chi connectivity index (χ3n) is 11.8. The molecule has 0 heterocycles. The van der Waals surface area contributed by atoms with E-state index in [0.717, 1.165) is 44.9 Å². The van der Waals surface area contributed by atoms with Crippen LogP contribution in [0.2, 0.25) is 0 Å². The Labute approximate surface area is 362 Å². The Morgan fingerprint density at radius 1 is 0.831 bits per heavy atom. The fourth-order valence-electron chi connectivity index (χ4n) is 7.56. The van der Waals surface area contributed by atoms with Crippen molar-refractivity contribution in [2.75, 3.05) is 11.9 Å². The van der Waals surface area contributed by atoms with E-state index < -0.39 is 0 Å². The minimum atomic E-state index is 0.396. The van der Waals surface area contributed by atoms with Crippen molar-refractivity contribution in [1.29, 1.82) is 0 Å². The zero-order chi connectivity index (χ0) is 42.7. The van der Waals surface area contributed by atoms with Crippen LogP contribution in [0.4, 0.5) is 5.69 Å². The van der Waals surface area contributed by atoms with Gasteiger partial charge in [-0.15, -0.1) is 0 Å². The van der Waals surface area contributed by atoms with Gasteiger partial charge in [-0.3, -0.25) is 0 Å². The minimum absolute atomic E-state index is 0.396. The zero-order valence-corrected chi connectivity index (χ0v) is 38.3. The van der Waals surface area contributed by atoms with Crippen LogP contribution < -0.4 is 4.90 Å². The zero-order valence-electron chi connectivity index (χ0n) is 38.3. The van der Waals surface area contributed by atoms with Gasteiger partial charge in [-0.2, -0.15) is 0 Å². The van der Waals surface area contributed by atoms with Crippen LogP contribution in [0.15, 0.2) is 197 Å². The predicted molar refractivity (Wildman–Crippen MR) is 267 cm³/mol. The molecule has 5 rings (SSSR count). The van der Waals surface area contributed by atoms with Gasteiger partial charge in [-0.05, 0) is 157 Å². The molecule has 4 aliphatic rings. The summed E-state index contributed by atoms with van der Waals surface area (Å²) >= 11 is 0. The highest BCUT2D eigenvalue weighted by Crippen LogP contribution is 2.34. The fourth-order valence-corrected chi connectivity index (χ4v) is 7.56. The Hall–Kier alpha value is -4.88. The summed E-state index contributed by atoms with van der Waals surface area (Å²) < 4.78 is 0. The summed E-state index contributed by atoms with van der Waals surface area (Å²) in [5.41, 5.74) is 12.7. The summed E-state index contributed by atoms with van der Waals surface area (Å²) in [5.74, 6) is 0.899. The van der Waals surface area contributed by atoms with Crippen LogP contribution in [-0.4, -0.2) is 13.1 Å². The van der Waals surface area contributed by atoms with Gasteiger partial charge in [0.05, 0.1) is 0 Å². The Balaban J connectivity index is 0.000000419. The van der Waals surface area contributed by atoms with Crippen molar-refractivity contribution < 1.29 is 0 Å². The van der Waals surface area contributed by atoms with Crippen molar-refractivity contribution in [3.05, 3.63) is 203 Å². The molecule has 4 aliphatic carbocycles. The first-order valence-corrected chi connectivity index (χ1v) is 22.7. The van der Waals surface area contributed by atoms with Crippen molar-refractivity contribution in [2.45, 2.75) is 126 Å². The highest BCUT2D eigenvalue weighted by atomic mass is 15.1. The Morgan fingerprint density at radius 2 is 1.49 bits per heavy atom. The SMILES string of the molecule is C/C=C\C=C(/C)CC.C/C=C\C=C(/C1C=CC=C1)C(C/C=C\C(=C/C)c1ccc(N(C)C(C)CC)cc1)CCC/C(=C\C)C1=CC=CCC1.C1=CC(C2=CCC=C2)=CC1. The van der Waals surface area contributed by atoms with E-state index in [0.29, 0.717) is 17.9 Å². The largest absolute Gasteiger partial charge is 0.372 e. The summed E-state index contributed by atoms with van der Waals surface area (Å²) in [7, 11) is 2.19. The molecule has 2 unspecified atom stereocenters. The second-order valence-corrected chi connectivity index (χ2v) is 15.8. The summed E-state index contributed by atoms with van der Waals surface area (Å²) in [5, 5.41) is 0. The lowest BCUT2D eigenvalue weighted by molar-refractivity contribution is 0.516. The van der Waals surface area contributed by atoms with Crippen LogP contribution in [0.1, 0.15) is 125 Å². The lowest BCUT2D eigenvalue weighted by Gasteiger charge is -2.26. The van der Waals surface area contributed by atoms with Crippen LogP contribution in [0.25, 0.3) is 5.57 Å². The first-order chi connectivity index (χ1) is 28.8. The molecular formula is C58H77N. The number of allylic oxidation sites excluding steroid dienone is 30. The quantitative estimate of drug-likeness (QED) is 0.134. The van der Waals surface area contributed by atoms with Gasteiger partial charge in [-0.1, -0.05) is 177 Å². The summed E-state index contributed by atoms with van der Waals surface area (Å²) in [6.07, 6.45) is 63.0. The molecule has 1 aromatic rings. The molecule has 0 saturated heterocycles. The Kier molecular flexibility index (Phi) is 23.4. The van der Waals surface area contributed by atoms with Crippen molar-refractivity contribution in [1.82, 2.24) is 0 Å². The molecule has 1 heteroatoms. The Bertz CT molecular complexity index is 1850. The van der Waals surface area contributed by atoms with Crippen LogP contribution in [0.5, 0.6) is 0 Å². The maximum absolute atomic E-state index is 2.41. The lowest BCUT2D eigenvalue weighted by Crippen LogP contribution is -2.27. The normalized spacial score (nSPS) is 18.0. The fraction of sp³-hybridized carbons (Fsp3) is 0.379. The average molecular weight is 788 g/mol. The van der Waals surface area contributed by atoms with Gasteiger partial charge in [0.2, 0.25) is 0 Å². The second-order valence-electron chi connectivity index (χ2n) is 15.8. The third kappa shape index (κ3) is 17.1. The molecule has 0 fully saturated rings. The molecule has 0 amide bonds. The number of hydrogen-bond donors (Lipinski definition) is 0. The lowest BCUT2D eigenvalue weighted by atomic mass is 9.81. The number of nitrogens with zero attached hydrogens (tertiary/aromatic N) is 1. The second kappa shape index (κ2) is 28.5. The first-order valence-electron chi connectivity index (χ1n) is 22.7. The summed E-state index contributed by atoms with van der Waals surface area (Å²) in [6, 6.07) is 9.59. The van der Waals surface area contributed by atoms with Crippen molar-refractivity contribution in [3.63, 3.8) is 0 Å². The van der Waals surface area contributed by atoms with Gasteiger partial charge in [0.1, 0.15) is 0 Å². The topological polar surface area (TPSA) is 3.24 Å².